The Morgan fingerprint density at radius 3 is 2.63 bits per heavy atom. The van der Waals surface area contributed by atoms with Crippen LogP contribution in [-0.4, -0.2) is 36.4 Å². The zero-order chi connectivity index (χ0) is 14.4. The van der Waals surface area contributed by atoms with Gasteiger partial charge >= 0.3 is 0 Å². The number of rotatable bonds is 5. The zero-order valence-electron chi connectivity index (χ0n) is 11.1. The van der Waals surface area contributed by atoms with Gasteiger partial charge in [-0.2, -0.15) is 0 Å². The molecule has 1 aromatic rings. The second-order valence-corrected chi connectivity index (χ2v) is 4.61. The molecule has 2 amide bonds. The smallest absolute Gasteiger partial charge is 0.251 e. The summed E-state index contributed by atoms with van der Waals surface area (Å²) in [7, 11) is 1.68. The molecule has 0 saturated carbocycles. The standard InChI is InChI=1S/C12H17ClN4O2/c1-7(2)16-11(18)6-15-12(19)8-4-9(13)17-10(5-8)14-3/h4-5,7H,6H2,1-3H3,(H,14,17)(H,15,19)(H,16,18). The van der Waals surface area contributed by atoms with E-state index in [4.69, 9.17) is 11.6 Å². The van der Waals surface area contributed by atoms with E-state index in [1.54, 1.807) is 13.1 Å². The molecule has 0 fully saturated rings. The molecule has 0 atom stereocenters. The number of carbonyl (C=O) groups excluding carboxylic acids is 2. The summed E-state index contributed by atoms with van der Waals surface area (Å²) in [5, 5.41) is 8.21. The van der Waals surface area contributed by atoms with Crippen LogP contribution in [0, 0.1) is 0 Å². The lowest BCUT2D eigenvalue weighted by atomic mass is 10.2. The Balaban J connectivity index is 2.63. The molecule has 3 N–H and O–H groups in total. The summed E-state index contributed by atoms with van der Waals surface area (Å²) >= 11 is 5.79. The number of anilines is 1. The molecular weight excluding hydrogens is 268 g/mol. The van der Waals surface area contributed by atoms with Crippen molar-refractivity contribution in [1.29, 1.82) is 0 Å². The van der Waals surface area contributed by atoms with Crippen molar-refractivity contribution in [3.8, 4) is 0 Å². The van der Waals surface area contributed by atoms with Crippen LogP contribution in [0.1, 0.15) is 24.2 Å². The predicted octanol–water partition coefficient (Wildman–Crippen LogP) is 1.03. The second kappa shape index (κ2) is 6.94. The van der Waals surface area contributed by atoms with Gasteiger partial charge in [0.05, 0.1) is 6.54 Å². The third-order valence-electron chi connectivity index (χ3n) is 2.17. The molecule has 19 heavy (non-hydrogen) atoms. The van der Waals surface area contributed by atoms with Crippen LogP contribution in [0.3, 0.4) is 0 Å². The number of hydrogen-bond donors (Lipinski definition) is 3. The summed E-state index contributed by atoms with van der Waals surface area (Å²) in [4.78, 5) is 27.2. The maximum Gasteiger partial charge on any atom is 0.251 e. The zero-order valence-corrected chi connectivity index (χ0v) is 11.8. The normalized spacial score (nSPS) is 10.2. The molecule has 0 aliphatic heterocycles. The molecule has 7 heteroatoms. The van der Waals surface area contributed by atoms with Crippen LogP contribution in [0.5, 0.6) is 0 Å². The van der Waals surface area contributed by atoms with Crippen molar-refractivity contribution in [2.45, 2.75) is 19.9 Å². The third-order valence-corrected chi connectivity index (χ3v) is 2.37. The van der Waals surface area contributed by atoms with E-state index in [1.165, 1.54) is 6.07 Å². The molecular formula is C12H17ClN4O2. The van der Waals surface area contributed by atoms with Crippen molar-refractivity contribution in [3.63, 3.8) is 0 Å². The van der Waals surface area contributed by atoms with E-state index in [1.807, 2.05) is 13.8 Å². The minimum Gasteiger partial charge on any atom is -0.373 e. The fourth-order valence-electron chi connectivity index (χ4n) is 1.39. The predicted molar refractivity (Wildman–Crippen MR) is 74.4 cm³/mol. The van der Waals surface area contributed by atoms with Gasteiger partial charge < -0.3 is 16.0 Å². The van der Waals surface area contributed by atoms with E-state index < -0.39 is 0 Å². The van der Waals surface area contributed by atoms with E-state index in [9.17, 15) is 9.59 Å². The van der Waals surface area contributed by atoms with E-state index in [0.717, 1.165) is 0 Å². The van der Waals surface area contributed by atoms with E-state index in [-0.39, 0.29) is 29.6 Å². The van der Waals surface area contributed by atoms with E-state index >= 15 is 0 Å². The van der Waals surface area contributed by atoms with Gasteiger partial charge in [0.2, 0.25) is 5.91 Å². The Morgan fingerprint density at radius 2 is 2.05 bits per heavy atom. The number of nitrogens with one attached hydrogen (secondary N) is 3. The molecule has 0 unspecified atom stereocenters. The van der Waals surface area contributed by atoms with Crippen LogP contribution in [0.15, 0.2) is 12.1 Å². The fraction of sp³-hybridized carbons (Fsp3) is 0.417. The summed E-state index contributed by atoms with van der Waals surface area (Å²) in [6.45, 7) is 3.62. The van der Waals surface area contributed by atoms with Gasteiger partial charge in [0, 0.05) is 18.7 Å². The summed E-state index contributed by atoms with van der Waals surface area (Å²) in [6, 6.07) is 3.04. The lowest BCUT2D eigenvalue weighted by molar-refractivity contribution is -0.120. The molecule has 0 spiro atoms. The van der Waals surface area contributed by atoms with Crippen molar-refractivity contribution in [2.24, 2.45) is 0 Å². The summed E-state index contributed by atoms with van der Waals surface area (Å²) in [6.07, 6.45) is 0. The first-order valence-corrected chi connectivity index (χ1v) is 6.23. The highest BCUT2D eigenvalue weighted by molar-refractivity contribution is 6.29. The van der Waals surface area contributed by atoms with Crippen LogP contribution in [0.4, 0.5) is 5.82 Å². The van der Waals surface area contributed by atoms with Crippen molar-refractivity contribution >= 4 is 29.2 Å². The minimum atomic E-state index is -0.375. The number of aromatic nitrogens is 1. The number of hydrogen-bond acceptors (Lipinski definition) is 4. The molecule has 0 aromatic carbocycles. The third kappa shape index (κ3) is 5.13. The summed E-state index contributed by atoms with van der Waals surface area (Å²) in [5.41, 5.74) is 0.349. The average molecular weight is 285 g/mol. The maximum absolute atomic E-state index is 11.8. The Bertz CT molecular complexity index is 477. The number of carbonyl (C=O) groups is 2. The largest absolute Gasteiger partial charge is 0.373 e. The monoisotopic (exact) mass is 284 g/mol. The first kappa shape index (κ1) is 15.2. The molecule has 6 nitrogen and oxygen atoms in total. The molecule has 0 saturated heterocycles. The molecule has 1 heterocycles. The fourth-order valence-corrected chi connectivity index (χ4v) is 1.60. The molecule has 104 valence electrons. The van der Waals surface area contributed by atoms with Gasteiger partial charge in [-0.15, -0.1) is 0 Å². The average Bonchev–Trinajstić information content (AvgIpc) is 2.34. The highest BCUT2D eigenvalue weighted by Crippen LogP contribution is 2.13. The lowest BCUT2D eigenvalue weighted by Gasteiger charge is -2.10. The topological polar surface area (TPSA) is 83.1 Å². The van der Waals surface area contributed by atoms with Crippen LogP contribution in [0.25, 0.3) is 0 Å². The Hall–Kier alpha value is -1.82. The lowest BCUT2D eigenvalue weighted by Crippen LogP contribution is -2.39. The maximum atomic E-state index is 11.8. The summed E-state index contributed by atoms with van der Waals surface area (Å²) in [5.74, 6) is -0.124. The first-order chi connectivity index (χ1) is 8.92. The molecule has 0 bridgehead atoms. The van der Waals surface area contributed by atoms with Gasteiger partial charge in [-0.3, -0.25) is 9.59 Å². The summed E-state index contributed by atoms with van der Waals surface area (Å²) < 4.78 is 0. The highest BCUT2D eigenvalue weighted by Gasteiger charge is 2.11. The quantitative estimate of drug-likeness (QED) is 0.705. The van der Waals surface area contributed by atoms with Gasteiger partial charge in [-0.25, -0.2) is 4.98 Å². The number of halogens is 1. The Labute approximate surface area is 116 Å². The van der Waals surface area contributed by atoms with Crippen LogP contribution >= 0.6 is 11.6 Å². The van der Waals surface area contributed by atoms with Crippen LogP contribution in [-0.2, 0) is 4.79 Å². The van der Waals surface area contributed by atoms with E-state index in [2.05, 4.69) is 20.9 Å². The number of pyridine rings is 1. The van der Waals surface area contributed by atoms with Crippen LogP contribution in [0.2, 0.25) is 5.15 Å². The van der Waals surface area contributed by atoms with Crippen molar-refractivity contribution < 1.29 is 9.59 Å². The van der Waals surface area contributed by atoms with Crippen molar-refractivity contribution in [2.75, 3.05) is 18.9 Å². The van der Waals surface area contributed by atoms with Gasteiger partial charge in [-0.1, -0.05) is 11.6 Å². The molecule has 0 aliphatic rings. The van der Waals surface area contributed by atoms with E-state index in [0.29, 0.717) is 11.4 Å². The van der Waals surface area contributed by atoms with Gasteiger partial charge in [-0.05, 0) is 26.0 Å². The van der Waals surface area contributed by atoms with Crippen molar-refractivity contribution in [3.05, 3.63) is 22.8 Å². The molecule has 0 aliphatic carbocycles. The van der Waals surface area contributed by atoms with Crippen molar-refractivity contribution in [1.82, 2.24) is 15.6 Å². The highest BCUT2D eigenvalue weighted by atomic mass is 35.5. The second-order valence-electron chi connectivity index (χ2n) is 4.22. The molecule has 1 rings (SSSR count). The SMILES string of the molecule is CNc1cc(C(=O)NCC(=O)NC(C)C)cc(Cl)n1. The molecule has 0 radical (unpaired) electrons. The minimum absolute atomic E-state index is 0.0377. The molecule has 1 aromatic heterocycles. The Morgan fingerprint density at radius 1 is 1.37 bits per heavy atom. The van der Waals surface area contributed by atoms with Gasteiger partial charge in [0.1, 0.15) is 11.0 Å². The Kier molecular flexibility index (Phi) is 5.57. The number of amides is 2. The number of nitrogens with zero attached hydrogens (tertiary/aromatic N) is 1. The van der Waals surface area contributed by atoms with Gasteiger partial charge in [0.15, 0.2) is 0 Å². The first-order valence-electron chi connectivity index (χ1n) is 5.85. The van der Waals surface area contributed by atoms with Crippen LogP contribution < -0.4 is 16.0 Å². The van der Waals surface area contributed by atoms with Gasteiger partial charge in [0.25, 0.3) is 5.91 Å².